The van der Waals surface area contributed by atoms with E-state index in [1.165, 1.54) is 0 Å². The number of aromatic nitrogens is 1. The lowest BCUT2D eigenvalue weighted by Gasteiger charge is -2.27. The summed E-state index contributed by atoms with van der Waals surface area (Å²) in [5.41, 5.74) is 0.953. The van der Waals surface area contributed by atoms with E-state index in [9.17, 15) is 4.79 Å². The number of rotatable bonds is 4. The minimum Gasteiger partial charge on any atom is -0.495 e. The number of halogens is 1. The third-order valence-electron chi connectivity index (χ3n) is 4.11. The van der Waals surface area contributed by atoms with Crippen molar-refractivity contribution in [1.82, 2.24) is 14.8 Å². The number of nitrogens with zero attached hydrogens (tertiary/aromatic N) is 2. The number of ether oxygens (including phenoxy) is 1. The van der Waals surface area contributed by atoms with Gasteiger partial charge in [-0.2, -0.15) is 0 Å². The Morgan fingerprint density at radius 1 is 1.23 bits per heavy atom. The molecule has 6 heteroatoms. The zero-order valence-corrected chi connectivity index (χ0v) is 14.2. The maximum Gasteiger partial charge on any atom is 0.251 e. The number of benzene rings is 1. The second-order valence-corrected chi connectivity index (χ2v) is 6.31. The van der Waals surface area contributed by atoms with E-state index in [2.05, 4.69) is 26.1 Å². The monoisotopic (exact) mass is 365 g/mol. The predicted molar refractivity (Wildman–Crippen MR) is 91.8 cm³/mol. The maximum absolute atomic E-state index is 12.3. The highest BCUT2D eigenvalue weighted by molar-refractivity contribution is 9.10. The SMILES string of the molecule is COc1cc2c(ccc(=O)n2CCN2CCNCC2)cc1Br. The highest BCUT2D eigenvalue weighted by atomic mass is 79.9. The molecule has 3 rings (SSSR count). The average molecular weight is 366 g/mol. The molecule has 22 heavy (non-hydrogen) atoms. The molecule has 0 radical (unpaired) electrons. The first-order chi connectivity index (χ1) is 10.7. The van der Waals surface area contributed by atoms with Crippen LogP contribution in [0, 0.1) is 0 Å². The molecule has 0 saturated carbocycles. The van der Waals surface area contributed by atoms with Crippen molar-refractivity contribution in [2.24, 2.45) is 0 Å². The van der Waals surface area contributed by atoms with Gasteiger partial charge in [-0.05, 0) is 33.4 Å². The summed E-state index contributed by atoms with van der Waals surface area (Å²) in [5, 5.41) is 4.38. The average Bonchev–Trinajstić information content (AvgIpc) is 2.54. The number of hydrogen-bond donors (Lipinski definition) is 1. The Labute approximate surface area is 138 Å². The molecule has 1 N–H and O–H groups in total. The van der Waals surface area contributed by atoms with Gasteiger partial charge >= 0.3 is 0 Å². The van der Waals surface area contributed by atoms with Crippen LogP contribution in [0.25, 0.3) is 10.9 Å². The Hall–Kier alpha value is -1.37. The van der Waals surface area contributed by atoms with Crippen molar-refractivity contribution in [1.29, 1.82) is 0 Å². The van der Waals surface area contributed by atoms with Crippen molar-refractivity contribution in [2.75, 3.05) is 39.8 Å². The van der Waals surface area contributed by atoms with E-state index in [-0.39, 0.29) is 5.56 Å². The fourth-order valence-corrected chi connectivity index (χ4v) is 3.38. The van der Waals surface area contributed by atoms with Gasteiger partial charge in [-0.15, -0.1) is 0 Å². The summed E-state index contributed by atoms with van der Waals surface area (Å²) in [6.45, 7) is 5.69. The second kappa shape index (κ2) is 6.81. The van der Waals surface area contributed by atoms with Gasteiger partial charge in [-0.1, -0.05) is 0 Å². The number of piperazine rings is 1. The van der Waals surface area contributed by atoms with Crippen LogP contribution in [0.2, 0.25) is 0 Å². The summed E-state index contributed by atoms with van der Waals surface area (Å²) >= 11 is 3.49. The second-order valence-electron chi connectivity index (χ2n) is 5.46. The summed E-state index contributed by atoms with van der Waals surface area (Å²) in [5.74, 6) is 0.744. The molecule has 0 bridgehead atoms. The first-order valence-corrected chi connectivity index (χ1v) is 8.28. The normalized spacial score (nSPS) is 16.1. The highest BCUT2D eigenvalue weighted by Gasteiger charge is 2.12. The largest absolute Gasteiger partial charge is 0.495 e. The van der Waals surface area contributed by atoms with E-state index < -0.39 is 0 Å². The van der Waals surface area contributed by atoms with Gasteiger partial charge in [0.2, 0.25) is 0 Å². The van der Waals surface area contributed by atoms with Crippen molar-refractivity contribution >= 4 is 26.8 Å². The van der Waals surface area contributed by atoms with Gasteiger partial charge in [0, 0.05) is 51.4 Å². The van der Waals surface area contributed by atoms with Crippen LogP contribution in [0.5, 0.6) is 5.75 Å². The summed E-state index contributed by atoms with van der Waals surface area (Å²) in [7, 11) is 1.64. The first kappa shape index (κ1) is 15.5. The molecule has 1 aliphatic rings. The fourth-order valence-electron chi connectivity index (χ4n) is 2.86. The number of methoxy groups -OCH3 is 1. The third-order valence-corrected chi connectivity index (χ3v) is 4.73. The number of pyridine rings is 1. The smallest absolute Gasteiger partial charge is 0.251 e. The predicted octanol–water partition coefficient (Wildman–Crippen LogP) is 1.68. The Kier molecular flexibility index (Phi) is 4.81. The van der Waals surface area contributed by atoms with Crippen molar-refractivity contribution in [3.05, 3.63) is 39.1 Å². The number of fused-ring (bicyclic) bond motifs is 1. The molecule has 0 aliphatic carbocycles. The van der Waals surface area contributed by atoms with Crippen molar-refractivity contribution in [3.63, 3.8) is 0 Å². The highest BCUT2D eigenvalue weighted by Crippen LogP contribution is 2.29. The summed E-state index contributed by atoms with van der Waals surface area (Å²) in [6.07, 6.45) is 0. The molecule has 2 heterocycles. The molecule has 0 amide bonds. The van der Waals surface area contributed by atoms with Crippen molar-refractivity contribution in [2.45, 2.75) is 6.54 Å². The molecule has 5 nitrogen and oxygen atoms in total. The molecule has 1 fully saturated rings. The first-order valence-electron chi connectivity index (χ1n) is 7.49. The number of nitrogens with one attached hydrogen (secondary N) is 1. The van der Waals surface area contributed by atoms with Crippen LogP contribution in [0.1, 0.15) is 0 Å². The van der Waals surface area contributed by atoms with Gasteiger partial charge in [0.1, 0.15) is 5.75 Å². The molecular formula is C16H20BrN3O2. The molecular weight excluding hydrogens is 346 g/mol. The molecule has 0 unspecified atom stereocenters. The maximum atomic E-state index is 12.3. The standard InChI is InChI=1S/C16H20BrN3O2/c1-22-15-11-14-12(10-13(15)17)2-3-16(21)20(14)9-8-19-6-4-18-5-7-19/h2-3,10-11,18H,4-9H2,1H3. The lowest BCUT2D eigenvalue weighted by molar-refractivity contribution is 0.232. The quantitative estimate of drug-likeness (QED) is 0.895. The fraction of sp³-hybridized carbons (Fsp3) is 0.438. The molecule has 1 aromatic heterocycles. The summed E-state index contributed by atoms with van der Waals surface area (Å²) in [6, 6.07) is 7.43. The minimum absolute atomic E-state index is 0.0343. The van der Waals surface area contributed by atoms with Crippen LogP contribution in [-0.2, 0) is 6.54 Å². The molecule has 0 spiro atoms. The van der Waals surface area contributed by atoms with E-state index in [0.29, 0.717) is 6.54 Å². The van der Waals surface area contributed by atoms with E-state index in [4.69, 9.17) is 4.74 Å². The third kappa shape index (κ3) is 3.19. The van der Waals surface area contributed by atoms with Crippen LogP contribution in [-0.4, -0.2) is 49.3 Å². The number of hydrogen-bond acceptors (Lipinski definition) is 4. The van der Waals surface area contributed by atoms with Gasteiger partial charge < -0.3 is 14.6 Å². The van der Waals surface area contributed by atoms with E-state index in [1.807, 2.05) is 22.8 Å². The van der Waals surface area contributed by atoms with Crippen LogP contribution in [0.3, 0.4) is 0 Å². The molecule has 1 aliphatic heterocycles. The lowest BCUT2D eigenvalue weighted by atomic mass is 10.2. The van der Waals surface area contributed by atoms with E-state index >= 15 is 0 Å². The van der Waals surface area contributed by atoms with Gasteiger partial charge in [-0.25, -0.2) is 0 Å². The Balaban J connectivity index is 1.92. The molecule has 118 valence electrons. The van der Waals surface area contributed by atoms with Crippen LogP contribution in [0.4, 0.5) is 0 Å². The van der Waals surface area contributed by atoms with Gasteiger partial charge in [-0.3, -0.25) is 9.69 Å². The molecule has 1 aromatic carbocycles. The van der Waals surface area contributed by atoms with Crippen LogP contribution >= 0.6 is 15.9 Å². The molecule has 0 atom stereocenters. The Morgan fingerprint density at radius 2 is 2.00 bits per heavy atom. The van der Waals surface area contributed by atoms with Gasteiger partial charge in [0.25, 0.3) is 5.56 Å². The van der Waals surface area contributed by atoms with Crippen molar-refractivity contribution in [3.8, 4) is 5.75 Å². The zero-order chi connectivity index (χ0) is 15.5. The summed E-state index contributed by atoms with van der Waals surface area (Å²) < 4.78 is 8.10. The minimum atomic E-state index is 0.0343. The zero-order valence-electron chi connectivity index (χ0n) is 12.6. The van der Waals surface area contributed by atoms with Crippen LogP contribution in [0.15, 0.2) is 33.5 Å². The molecule has 2 aromatic rings. The Bertz CT molecular complexity index is 723. The molecule has 1 saturated heterocycles. The Morgan fingerprint density at radius 3 is 2.73 bits per heavy atom. The van der Waals surface area contributed by atoms with E-state index in [1.54, 1.807) is 13.2 Å². The van der Waals surface area contributed by atoms with Gasteiger partial charge in [0.15, 0.2) is 0 Å². The van der Waals surface area contributed by atoms with Crippen molar-refractivity contribution < 1.29 is 4.74 Å². The lowest BCUT2D eigenvalue weighted by Crippen LogP contribution is -2.45. The van der Waals surface area contributed by atoms with Gasteiger partial charge in [0.05, 0.1) is 17.1 Å². The van der Waals surface area contributed by atoms with Crippen LogP contribution < -0.4 is 15.6 Å². The van der Waals surface area contributed by atoms with E-state index in [0.717, 1.165) is 53.8 Å². The topological polar surface area (TPSA) is 46.5 Å². The summed E-state index contributed by atoms with van der Waals surface area (Å²) in [4.78, 5) is 14.7.